The van der Waals surface area contributed by atoms with E-state index in [1.807, 2.05) is 24.3 Å². The number of para-hydroxylation sites is 1. The first kappa shape index (κ1) is 29.7. The van der Waals surface area contributed by atoms with Crippen LogP contribution in [0, 0.1) is 0 Å². The highest BCUT2D eigenvalue weighted by atomic mass is 16.4. The Morgan fingerprint density at radius 2 is 1.78 bits per heavy atom. The van der Waals surface area contributed by atoms with Gasteiger partial charge >= 0.3 is 5.97 Å². The molecule has 1 fully saturated rings. The topological polar surface area (TPSA) is 207 Å². The number of aromatic nitrogens is 3. The van der Waals surface area contributed by atoms with Crippen molar-refractivity contribution in [2.75, 3.05) is 13.1 Å². The average Bonchev–Trinajstić information content (AvgIpc) is 3.75. The van der Waals surface area contributed by atoms with Gasteiger partial charge in [-0.15, -0.1) is 0 Å². The average molecular weight is 567 g/mol. The number of aromatic amines is 2. The molecule has 4 rings (SSSR count). The Balaban J connectivity index is 1.47. The second-order valence-electron chi connectivity index (χ2n) is 10.3. The lowest BCUT2D eigenvalue weighted by Crippen LogP contribution is -2.57. The molecule has 3 amide bonds. The minimum Gasteiger partial charge on any atom is -0.480 e. The zero-order valence-corrected chi connectivity index (χ0v) is 22.8. The van der Waals surface area contributed by atoms with Gasteiger partial charge in [-0.3, -0.25) is 14.4 Å². The monoisotopic (exact) mass is 566 g/mol. The van der Waals surface area contributed by atoms with Gasteiger partial charge in [-0.2, -0.15) is 0 Å². The SMILES string of the molecule is NCCCCC(NC(=O)C(Cc1cnc[nH]1)NC(=O)C1CCCN1)C(=O)NC(Cc1c[nH]c2ccccc12)C(=O)O. The highest BCUT2D eigenvalue weighted by Crippen LogP contribution is 2.19. The third-order valence-electron chi connectivity index (χ3n) is 7.28. The number of benzene rings is 1. The fraction of sp³-hybridized carbons (Fsp3) is 0.464. The van der Waals surface area contributed by atoms with Gasteiger partial charge in [0.15, 0.2) is 0 Å². The predicted molar refractivity (Wildman–Crippen MR) is 152 cm³/mol. The summed E-state index contributed by atoms with van der Waals surface area (Å²) < 4.78 is 0. The summed E-state index contributed by atoms with van der Waals surface area (Å²) in [6, 6.07) is 3.89. The minimum atomic E-state index is -1.22. The number of fused-ring (bicyclic) bond motifs is 1. The molecule has 1 aliphatic rings. The molecule has 0 bridgehead atoms. The summed E-state index contributed by atoms with van der Waals surface area (Å²) in [5.41, 5.74) is 7.89. The van der Waals surface area contributed by atoms with Gasteiger partial charge < -0.3 is 42.1 Å². The number of carbonyl (C=O) groups excluding carboxylic acids is 3. The maximum Gasteiger partial charge on any atom is 0.326 e. The zero-order chi connectivity index (χ0) is 29.2. The van der Waals surface area contributed by atoms with Gasteiger partial charge in [0.25, 0.3) is 0 Å². The van der Waals surface area contributed by atoms with Crippen LogP contribution in [0.15, 0.2) is 43.0 Å². The number of rotatable bonds is 15. The number of H-pyrrole nitrogens is 2. The van der Waals surface area contributed by atoms with Crippen molar-refractivity contribution in [1.82, 2.24) is 36.2 Å². The molecule has 2 aromatic heterocycles. The number of imidazole rings is 1. The van der Waals surface area contributed by atoms with E-state index in [-0.39, 0.29) is 25.2 Å². The summed E-state index contributed by atoms with van der Waals surface area (Å²) in [4.78, 5) is 61.9. The number of nitrogens with zero attached hydrogens (tertiary/aromatic N) is 1. The number of aliphatic carboxylic acids is 1. The van der Waals surface area contributed by atoms with Crippen LogP contribution < -0.4 is 27.0 Å². The van der Waals surface area contributed by atoms with Crippen LogP contribution in [-0.4, -0.2) is 81.0 Å². The van der Waals surface area contributed by atoms with Gasteiger partial charge in [-0.25, -0.2) is 9.78 Å². The molecule has 0 aliphatic carbocycles. The van der Waals surface area contributed by atoms with Crippen molar-refractivity contribution < 1.29 is 24.3 Å². The maximum absolute atomic E-state index is 13.5. The third kappa shape index (κ3) is 8.14. The van der Waals surface area contributed by atoms with Crippen molar-refractivity contribution in [1.29, 1.82) is 0 Å². The number of carboxylic acids is 1. The molecule has 41 heavy (non-hydrogen) atoms. The molecular weight excluding hydrogens is 528 g/mol. The van der Waals surface area contributed by atoms with E-state index in [0.29, 0.717) is 31.5 Å². The smallest absolute Gasteiger partial charge is 0.326 e. The van der Waals surface area contributed by atoms with Crippen molar-refractivity contribution >= 4 is 34.6 Å². The Bertz CT molecular complexity index is 1320. The molecule has 0 radical (unpaired) electrons. The molecule has 3 aromatic rings. The van der Waals surface area contributed by atoms with E-state index in [9.17, 15) is 24.3 Å². The Labute approximate surface area is 237 Å². The Morgan fingerprint density at radius 1 is 1.00 bits per heavy atom. The summed E-state index contributed by atoms with van der Waals surface area (Å²) in [6.07, 6.45) is 7.92. The number of hydrogen-bond acceptors (Lipinski definition) is 7. The fourth-order valence-corrected chi connectivity index (χ4v) is 5.03. The standard InChI is InChI=1S/C28H38N8O5/c29-10-4-3-8-22(26(38)36-24(28(40)41)12-17-14-32-20-7-2-1-6-19(17)20)34-27(39)23(13-18-15-30-16-33-18)35-25(37)21-9-5-11-31-21/h1-2,6-7,14-16,21-24,31-32H,3-5,8-13,29H2,(H,30,33)(H,34,39)(H,35,37)(H,36,38)(H,40,41). The number of carboxylic acid groups (broad SMARTS) is 1. The molecule has 220 valence electrons. The summed E-state index contributed by atoms with van der Waals surface area (Å²) in [5, 5.41) is 22.1. The number of amides is 3. The highest BCUT2D eigenvalue weighted by Gasteiger charge is 2.32. The summed E-state index contributed by atoms with van der Waals surface area (Å²) in [7, 11) is 0. The Morgan fingerprint density at radius 3 is 2.49 bits per heavy atom. The molecule has 1 aliphatic heterocycles. The molecule has 4 unspecified atom stereocenters. The highest BCUT2D eigenvalue weighted by molar-refractivity contribution is 5.94. The second kappa shape index (κ2) is 14.4. The minimum absolute atomic E-state index is 0.0570. The van der Waals surface area contributed by atoms with Gasteiger partial charge in [-0.1, -0.05) is 18.2 Å². The molecule has 1 aromatic carbocycles. The predicted octanol–water partition coefficient (Wildman–Crippen LogP) is 0.0962. The number of hydrogen-bond donors (Lipinski definition) is 8. The lowest BCUT2D eigenvalue weighted by molar-refractivity contribution is -0.142. The van der Waals surface area contributed by atoms with E-state index in [1.54, 1.807) is 12.4 Å². The van der Waals surface area contributed by atoms with E-state index >= 15 is 0 Å². The first-order valence-corrected chi connectivity index (χ1v) is 13.9. The van der Waals surface area contributed by atoms with E-state index < -0.39 is 42.0 Å². The number of carbonyl (C=O) groups is 4. The van der Waals surface area contributed by atoms with Gasteiger partial charge in [-0.05, 0) is 56.8 Å². The number of nitrogens with one attached hydrogen (secondary N) is 6. The first-order valence-electron chi connectivity index (χ1n) is 13.9. The van der Waals surface area contributed by atoms with E-state index in [2.05, 4.69) is 36.2 Å². The summed E-state index contributed by atoms with van der Waals surface area (Å²) in [6.45, 7) is 1.13. The van der Waals surface area contributed by atoms with Crippen molar-refractivity contribution in [3.8, 4) is 0 Å². The summed E-state index contributed by atoms with van der Waals surface area (Å²) >= 11 is 0. The molecule has 0 spiro atoms. The maximum atomic E-state index is 13.5. The van der Waals surface area contributed by atoms with Crippen LogP contribution in [0.2, 0.25) is 0 Å². The fourth-order valence-electron chi connectivity index (χ4n) is 5.03. The van der Waals surface area contributed by atoms with Crippen LogP contribution >= 0.6 is 0 Å². The van der Waals surface area contributed by atoms with E-state index in [4.69, 9.17) is 5.73 Å². The molecule has 13 heteroatoms. The van der Waals surface area contributed by atoms with Crippen LogP contribution in [0.25, 0.3) is 10.9 Å². The van der Waals surface area contributed by atoms with Gasteiger partial charge in [0.1, 0.15) is 18.1 Å². The van der Waals surface area contributed by atoms with Crippen molar-refractivity contribution in [2.45, 2.75) is 69.1 Å². The quantitative estimate of drug-likeness (QED) is 0.118. The molecule has 1 saturated heterocycles. The molecule has 4 atom stereocenters. The van der Waals surface area contributed by atoms with Crippen molar-refractivity contribution in [3.63, 3.8) is 0 Å². The van der Waals surface area contributed by atoms with Gasteiger partial charge in [0.2, 0.25) is 17.7 Å². The largest absolute Gasteiger partial charge is 0.480 e. The molecule has 3 heterocycles. The number of unbranched alkanes of at least 4 members (excludes halogenated alkanes) is 1. The van der Waals surface area contributed by atoms with Gasteiger partial charge in [0.05, 0.1) is 12.4 Å². The first-order chi connectivity index (χ1) is 19.9. The van der Waals surface area contributed by atoms with Crippen LogP contribution in [0.3, 0.4) is 0 Å². The lowest BCUT2D eigenvalue weighted by atomic mass is 10.0. The molecule has 9 N–H and O–H groups in total. The van der Waals surface area contributed by atoms with Crippen molar-refractivity contribution in [3.05, 3.63) is 54.2 Å². The molecular formula is C28H38N8O5. The number of nitrogens with two attached hydrogens (primary N) is 1. The second-order valence-corrected chi connectivity index (χ2v) is 10.3. The summed E-state index contributed by atoms with van der Waals surface area (Å²) in [5.74, 6) is -2.66. The lowest BCUT2D eigenvalue weighted by Gasteiger charge is -2.25. The third-order valence-corrected chi connectivity index (χ3v) is 7.28. The Kier molecular flexibility index (Phi) is 10.5. The zero-order valence-electron chi connectivity index (χ0n) is 22.8. The van der Waals surface area contributed by atoms with E-state index in [1.165, 1.54) is 6.33 Å². The van der Waals surface area contributed by atoms with Crippen LogP contribution in [0.5, 0.6) is 0 Å². The molecule has 13 nitrogen and oxygen atoms in total. The Hall–Kier alpha value is -4.23. The van der Waals surface area contributed by atoms with E-state index in [0.717, 1.165) is 29.4 Å². The normalized spacial score (nSPS) is 17.0. The van der Waals surface area contributed by atoms with Crippen LogP contribution in [0.4, 0.5) is 0 Å². The van der Waals surface area contributed by atoms with Gasteiger partial charge in [0, 0.05) is 41.8 Å². The van der Waals surface area contributed by atoms with Crippen molar-refractivity contribution in [2.24, 2.45) is 5.73 Å². The van der Waals surface area contributed by atoms with Crippen LogP contribution in [-0.2, 0) is 32.0 Å². The molecule has 0 saturated carbocycles. The van der Waals surface area contributed by atoms with Crippen LogP contribution in [0.1, 0.15) is 43.4 Å².